The fraction of sp³-hybridized carbons (Fsp3) is 0.531. The number of aromatic nitrogens is 2. The SMILES string of the molecule is Cc1cn(COCCS(C)(C)C)c2nccc(Oc3ccc(C[C@H](NC(=O)OC(C)(C)C)C(=O)N4CCNCC4)cc3F)c12. The minimum absolute atomic E-state index is 0.0443. The van der Waals surface area contributed by atoms with Gasteiger partial charge in [-0.3, -0.25) is 4.79 Å². The summed E-state index contributed by atoms with van der Waals surface area (Å²) in [6.45, 7) is 10.6. The molecule has 0 aliphatic carbocycles. The van der Waals surface area contributed by atoms with Crippen LogP contribution in [0.2, 0.25) is 0 Å². The molecule has 12 heteroatoms. The van der Waals surface area contributed by atoms with E-state index in [1.54, 1.807) is 50.1 Å². The van der Waals surface area contributed by atoms with E-state index in [0.717, 1.165) is 16.7 Å². The average Bonchev–Trinajstić information content (AvgIpc) is 3.26. The van der Waals surface area contributed by atoms with Gasteiger partial charge < -0.3 is 34.3 Å². The van der Waals surface area contributed by atoms with Gasteiger partial charge >= 0.3 is 6.09 Å². The standard InChI is InChI=1S/C32H46FN5O5S/c1-22-20-38(21-41-16-17-44(5,6)7)29-28(22)27(10-11-35-29)42-26-9-8-23(18-24(26)33)19-25(36-31(40)43-32(2,3)4)30(39)37-14-12-34-13-15-37/h8-11,18,20,25,34H,12-17,19,21H2,1-7H3,(H,36,40)/t25-/m0/s1. The molecule has 0 saturated carbocycles. The molecule has 1 aliphatic heterocycles. The predicted molar refractivity (Wildman–Crippen MR) is 173 cm³/mol. The van der Waals surface area contributed by atoms with Crippen LogP contribution in [0.3, 0.4) is 0 Å². The number of halogens is 1. The number of aryl methyl sites for hydroxylation is 1. The molecule has 0 spiro atoms. The van der Waals surface area contributed by atoms with E-state index >= 15 is 4.39 Å². The molecule has 0 bridgehead atoms. The molecule has 1 atom stereocenters. The maximum Gasteiger partial charge on any atom is 0.408 e. The molecule has 4 rings (SSSR count). The van der Waals surface area contributed by atoms with Gasteiger partial charge in [-0.2, -0.15) is 0 Å². The lowest BCUT2D eigenvalue weighted by Crippen LogP contribution is -2.55. The van der Waals surface area contributed by atoms with Crippen LogP contribution in [0.25, 0.3) is 11.0 Å². The highest BCUT2D eigenvalue weighted by atomic mass is 32.3. The third-order valence-corrected chi connectivity index (χ3v) is 8.44. The highest BCUT2D eigenvalue weighted by molar-refractivity contribution is 8.32. The first-order chi connectivity index (χ1) is 20.7. The second kappa shape index (κ2) is 14.2. The largest absolute Gasteiger partial charge is 0.453 e. The second-order valence-corrected chi connectivity index (χ2v) is 17.6. The van der Waals surface area contributed by atoms with Crippen LogP contribution >= 0.6 is 10.0 Å². The molecule has 242 valence electrons. The third-order valence-electron chi connectivity index (χ3n) is 7.05. The number of rotatable bonds is 11. The number of carbonyl (C=O) groups excluding carboxylic acids is 2. The third kappa shape index (κ3) is 9.33. The Morgan fingerprint density at radius 3 is 2.52 bits per heavy atom. The van der Waals surface area contributed by atoms with Crippen molar-refractivity contribution in [3.05, 3.63) is 53.6 Å². The molecular formula is C32H46FN5O5S. The summed E-state index contributed by atoms with van der Waals surface area (Å²) >= 11 is 0. The van der Waals surface area contributed by atoms with Crippen molar-refractivity contribution in [2.24, 2.45) is 0 Å². The van der Waals surface area contributed by atoms with Gasteiger partial charge in [-0.15, -0.1) is 0 Å². The molecule has 3 heterocycles. The Hall–Kier alpha value is -3.35. The molecule has 1 aliphatic rings. The number of ether oxygens (including phenoxy) is 3. The highest BCUT2D eigenvalue weighted by Gasteiger charge is 2.29. The summed E-state index contributed by atoms with van der Waals surface area (Å²) in [5, 5.41) is 6.70. The van der Waals surface area contributed by atoms with Crippen LogP contribution in [0.4, 0.5) is 9.18 Å². The van der Waals surface area contributed by atoms with Crippen molar-refractivity contribution in [1.82, 2.24) is 25.1 Å². The highest BCUT2D eigenvalue weighted by Crippen LogP contribution is 2.35. The Labute approximate surface area is 260 Å². The van der Waals surface area contributed by atoms with Gasteiger partial charge in [0.05, 0.1) is 12.0 Å². The maximum absolute atomic E-state index is 15.5. The van der Waals surface area contributed by atoms with Gasteiger partial charge in [-0.25, -0.2) is 24.2 Å². The van der Waals surface area contributed by atoms with Gasteiger partial charge in [0.2, 0.25) is 5.91 Å². The zero-order valence-corrected chi connectivity index (χ0v) is 27.7. The van der Waals surface area contributed by atoms with Crippen molar-refractivity contribution in [2.45, 2.75) is 52.5 Å². The van der Waals surface area contributed by atoms with E-state index in [1.165, 1.54) is 6.07 Å². The molecule has 1 fully saturated rings. The van der Waals surface area contributed by atoms with Crippen LogP contribution in [-0.2, 0) is 27.4 Å². The Bertz CT molecular complexity index is 1460. The predicted octanol–water partition coefficient (Wildman–Crippen LogP) is 4.81. The normalized spacial score (nSPS) is 15.2. The number of hydrogen-bond donors (Lipinski definition) is 2. The smallest absolute Gasteiger partial charge is 0.408 e. The second-order valence-electron chi connectivity index (χ2n) is 13.0. The van der Waals surface area contributed by atoms with E-state index in [0.29, 0.717) is 56.5 Å². The molecule has 0 unspecified atom stereocenters. The molecule has 44 heavy (non-hydrogen) atoms. The quantitative estimate of drug-likeness (QED) is 0.293. The lowest BCUT2D eigenvalue weighted by molar-refractivity contribution is -0.134. The number of hydrogen-bond acceptors (Lipinski definition) is 7. The first-order valence-electron chi connectivity index (χ1n) is 14.8. The minimum atomic E-state index is -0.914. The minimum Gasteiger partial charge on any atom is -0.453 e. The zero-order valence-electron chi connectivity index (χ0n) is 26.9. The number of pyridine rings is 1. The van der Waals surface area contributed by atoms with E-state index in [9.17, 15) is 9.59 Å². The summed E-state index contributed by atoms with van der Waals surface area (Å²) in [5.41, 5.74) is 1.45. The number of alkyl carbamates (subject to hydrolysis) is 1. The fourth-order valence-corrected chi connectivity index (χ4v) is 5.52. The molecule has 2 amide bonds. The molecule has 2 N–H and O–H groups in total. The summed E-state index contributed by atoms with van der Waals surface area (Å²) in [5.74, 6) is 0.728. The van der Waals surface area contributed by atoms with E-state index in [1.807, 2.05) is 17.7 Å². The first-order valence-corrected chi connectivity index (χ1v) is 17.9. The lowest BCUT2D eigenvalue weighted by atomic mass is 10.0. The van der Waals surface area contributed by atoms with E-state index in [4.69, 9.17) is 14.2 Å². The number of carbonyl (C=O) groups is 2. The topological polar surface area (TPSA) is 107 Å². The van der Waals surface area contributed by atoms with Crippen LogP contribution in [0.1, 0.15) is 31.9 Å². The molecule has 1 saturated heterocycles. The van der Waals surface area contributed by atoms with Crippen molar-refractivity contribution in [3.63, 3.8) is 0 Å². The van der Waals surface area contributed by atoms with E-state index in [-0.39, 0.29) is 18.1 Å². The van der Waals surface area contributed by atoms with Gasteiger partial charge in [0.1, 0.15) is 29.8 Å². The van der Waals surface area contributed by atoms with Crippen LogP contribution in [-0.4, -0.2) is 95.4 Å². The molecule has 0 radical (unpaired) electrons. The van der Waals surface area contributed by atoms with Gasteiger partial charge in [0.25, 0.3) is 0 Å². The molecule has 2 aromatic heterocycles. The maximum atomic E-state index is 15.5. The van der Waals surface area contributed by atoms with Crippen molar-refractivity contribution in [1.29, 1.82) is 0 Å². The number of fused-ring (bicyclic) bond motifs is 1. The monoisotopic (exact) mass is 631 g/mol. The van der Waals surface area contributed by atoms with Crippen molar-refractivity contribution < 1.29 is 28.2 Å². The van der Waals surface area contributed by atoms with Crippen LogP contribution in [0.5, 0.6) is 11.5 Å². The van der Waals surface area contributed by atoms with Crippen molar-refractivity contribution in [2.75, 3.05) is 57.3 Å². The van der Waals surface area contributed by atoms with Crippen molar-refractivity contribution in [3.8, 4) is 11.5 Å². The summed E-state index contributed by atoms with van der Waals surface area (Å²) in [6.07, 6.45) is 9.77. The average molecular weight is 632 g/mol. The Morgan fingerprint density at radius 1 is 1.14 bits per heavy atom. The summed E-state index contributed by atoms with van der Waals surface area (Å²) in [6, 6.07) is 5.38. The summed E-state index contributed by atoms with van der Waals surface area (Å²) in [4.78, 5) is 32.2. The van der Waals surface area contributed by atoms with E-state index in [2.05, 4.69) is 34.4 Å². The molecule has 3 aromatic rings. The number of nitrogens with one attached hydrogen (secondary N) is 2. The first kappa shape index (κ1) is 33.5. The summed E-state index contributed by atoms with van der Waals surface area (Å²) < 4.78 is 34.8. The number of nitrogens with zero attached hydrogens (tertiary/aromatic N) is 3. The van der Waals surface area contributed by atoms with E-state index < -0.39 is 33.6 Å². The Balaban J connectivity index is 1.50. The van der Waals surface area contributed by atoms with Gasteiger partial charge in [0, 0.05) is 50.7 Å². The van der Waals surface area contributed by atoms with Gasteiger partial charge in [-0.05, 0) is 75.8 Å². The Kier molecular flexibility index (Phi) is 10.8. The fourth-order valence-electron chi connectivity index (χ4n) is 4.90. The molecule has 1 aromatic carbocycles. The van der Waals surface area contributed by atoms with Gasteiger partial charge in [-0.1, -0.05) is 6.07 Å². The lowest BCUT2D eigenvalue weighted by Gasteiger charge is -2.31. The number of amides is 2. The van der Waals surface area contributed by atoms with Crippen LogP contribution in [0, 0.1) is 12.7 Å². The summed E-state index contributed by atoms with van der Waals surface area (Å²) in [7, 11) is -0.644. The number of benzene rings is 1. The number of piperazine rings is 1. The van der Waals surface area contributed by atoms with Gasteiger partial charge in [0.15, 0.2) is 11.6 Å². The molecule has 10 nitrogen and oxygen atoms in total. The zero-order chi connectivity index (χ0) is 32.1. The van der Waals surface area contributed by atoms with Crippen LogP contribution < -0.4 is 15.4 Å². The Morgan fingerprint density at radius 2 is 1.86 bits per heavy atom. The molecular weight excluding hydrogens is 585 g/mol. The van der Waals surface area contributed by atoms with Crippen molar-refractivity contribution >= 4 is 33.1 Å². The van der Waals surface area contributed by atoms with Crippen LogP contribution in [0.15, 0.2) is 36.7 Å².